The van der Waals surface area contributed by atoms with Crippen LogP contribution in [0.1, 0.15) is 39.2 Å². The van der Waals surface area contributed by atoms with Crippen molar-refractivity contribution >= 4 is 6.47 Å². The third kappa shape index (κ3) is 9.21. The minimum atomic E-state index is -0.318. The summed E-state index contributed by atoms with van der Waals surface area (Å²) in [6.45, 7) is 9.22. The smallest absolute Gasteiger partial charge is 0.293 e. The Morgan fingerprint density at radius 1 is 1.33 bits per heavy atom. The highest BCUT2D eigenvalue weighted by molar-refractivity contribution is 5.37. The van der Waals surface area contributed by atoms with Crippen molar-refractivity contribution in [1.29, 1.82) is 0 Å². The average molecular weight is 292 g/mol. The first-order valence-electron chi connectivity index (χ1n) is 7.61. The fraction of sp³-hybridized carbons (Fsp3) is 0.588. The molecule has 0 amide bonds. The zero-order chi connectivity index (χ0) is 15.6. The van der Waals surface area contributed by atoms with Crippen molar-refractivity contribution in [2.75, 3.05) is 13.1 Å². The minimum Gasteiger partial charge on any atom is -0.462 e. The monoisotopic (exact) mass is 292 g/mol. The van der Waals surface area contributed by atoms with Gasteiger partial charge in [0.1, 0.15) is 5.60 Å². The first kappa shape index (κ1) is 17.7. The average Bonchev–Trinajstić information content (AvgIpc) is 2.47. The van der Waals surface area contributed by atoms with Gasteiger partial charge in [-0.15, -0.1) is 0 Å². The van der Waals surface area contributed by atoms with Gasteiger partial charge in [0.2, 0.25) is 0 Å². The molecule has 1 heterocycles. The lowest BCUT2D eigenvalue weighted by molar-refractivity contribution is -0.138. The van der Waals surface area contributed by atoms with E-state index in [0.717, 1.165) is 13.1 Å². The highest BCUT2D eigenvalue weighted by Gasteiger charge is 2.11. The van der Waals surface area contributed by atoms with Crippen LogP contribution in [0.25, 0.3) is 0 Å². The maximum absolute atomic E-state index is 9.60. The molecule has 2 rings (SSSR count). The first-order valence-corrected chi connectivity index (χ1v) is 7.61. The molecule has 0 radical (unpaired) electrons. The minimum absolute atomic E-state index is 0.318. The number of piperidine rings is 1. The molecule has 1 aliphatic rings. The van der Waals surface area contributed by atoms with E-state index in [4.69, 9.17) is 0 Å². The predicted octanol–water partition coefficient (Wildman–Crippen LogP) is 2.49. The number of carbonyl (C=O) groups excluding carboxylic acids is 1. The second kappa shape index (κ2) is 9.53. The fourth-order valence-corrected chi connectivity index (χ4v) is 2.03. The van der Waals surface area contributed by atoms with Gasteiger partial charge < -0.3 is 15.4 Å². The topological polar surface area (TPSA) is 50.4 Å². The highest BCUT2D eigenvalue weighted by Crippen LogP contribution is 2.04. The van der Waals surface area contributed by atoms with E-state index in [1.807, 2.05) is 20.8 Å². The fourth-order valence-electron chi connectivity index (χ4n) is 2.03. The molecule has 0 bridgehead atoms. The Morgan fingerprint density at radius 3 is 2.52 bits per heavy atom. The van der Waals surface area contributed by atoms with E-state index in [9.17, 15) is 4.79 Å². The van der Waals surface area contributed by atoms with E-state index in [-0.39, 0.29) is 5.60 Å². The predicted molar refractivity (Wildman–Crippen MR) is 86.1 cm³/mol. The summed E-state index contributed by atoms with van der Waals surface area (Å²) in [4.78, 5) is 9.60. The number of ether oxygens (including phenoxy) is 1. The van der Waals surface area contributed by atoms with Crippen LogP contribution in [0.5, 0.6) is 0 Å². The number of carbonyl (C=O) groups is 1. The Morgan fingerprint density at radius 2 is 2.05 bits per heavy atom. The Labute approximate surface area is 128 Å². The molecule has 1 saturated heterocycles. The van der Waals surface area contributed by atoms with E-state index in [0.29, 0.717) is 12.5 Å². The van der Waals surface area contributed by atoms with Crippen molar-refractivity contribution in [3.8, 4) is 0 Å². The lowest BCUT2D eigenvalue weighted by Gasteiger charge is -2.23. The Balaban J connectivity index is 0.000000270. The molecule has 0 saturated carbocycles. The van der Waals surface area contributed by atoms with Crippen LogP contribution in [-0.4, -0.2) is 31.2 Å². The largest absolute Gasteiger partial charge is 0.462 e. The van der Waals surface area contributed by atoms with Crippen LogP contribution < -0.4 is 10.6 Å². The SMILES string of the molecule is CC(C)(C)OC=O.c1ccc(CN[C@@H]2CCCNC2)cc1. The van der Waals surface area contributed by atoms with E-state index >= 15 is 0 Å². The lowest BCUT2D eigenvalue weighted by Crippen LogP contribution is -2.42. The van der Waals surface area contributed by atoms with Crippen LogP contribution in [0.4, 0.5) is 0 Å². The summed E-state index contributed by atoms with van der Waals surface area (Å²) in [6.07, 6.45) is 2.60. The number of rotatable bonds is 4. The molecule has 1 aromatic carbocycles. The molecule has 0 aromatic heterocycles. The van der Waals surface area contributed by atoms with Gasteiger partial charge in [0, 0.05) is 19.1 Å². The zero-order valence-electron chi connectivity index (χ0n) is 13.4. The van der Waals surface area contributed by atoms with Gasteiger partial charge in [0.25, 0.3) is 6.47 Å². The molecule has 0 spiro atoms. The molecule has 0 unspecified atom stereocenters. The van der Waals surface area contributed by atoms with Crippen molar-refractivity contribution in [2.45, 2.75) is 51.8 Å². The zero-order valence-corrected chi connectivity index (χ0v) is 13.4. The summed E-state index contributed by atoms with van der Waals surface area (Å²) < 4.78 is 4.55. The standard InChI is InChI=1S/C12H18N2.C5H10O2/c1-2-5-11(6-3-1)9-14-12-7-4-8-13-10-12;1-5(2,3)7-4-6/h1-3,5-6,12-14H,4,7-10H2;4H,1-3H3/t12-;/m1./s1. The normalized spacial score (nSPS) is 18.3. The summed E-state index contributed by atoms with van der Waals surface area (Å²) in [5.41, 5.74) is 1.06. The molecular weight excluding hydrogens is 264 g/mol. The van der Waals surface area contributed by atoms with E-state index < -0.39 is 0 Å². The number of nitrogens with one attached hydrogen (secondary N) is 2. The second-order valence-electron chi connectivity index (χ2n) is 6.24. The summed E-state index contributed by atoms with van der Waals surface area (Å²) in [6, 6.07) is 11.2. The van der Waals surface area contributed by atoms with Crippen molar-refractivity contribution in [2.24, 2.45) is 0 Å². The number of benzene rings is 1. The molecule has 0 aliphatic carbocycles. The number of hydrogen-bond donors (Lipinski definition) is 2. The third-order valence-electron chi connectivity index (χ3n) is 3.14. The molecular formula is C17H28N2O2. The quantitative estimate of drug-likeness (QED) is 0.837. The summed E-state index contributed by atoms with van der Waals surface area (Å²) in [5.74, 6) is 0. The first-order chi connectivity index (χ1) is 10.0. The van der Waals surface area contributed by atoms with Crippen molar-refractivity contribution in [1.82, 2.24) is 10.6 Å². The molecule has 1 fully saturated rings. The molecule has 1 aromatic rings. The van der Waals surface area contributed by atoms with Crippen molar-refractivity contribution < 1.29 is 9.53 Å². The molecule has 2 N–H and O–H groups in total. The van der Waals surface area contributed by atoms with E-state index in [1.165, 1.54) is 24.9 Å². The van der Waals surface area contributed by atoms with Gasteiger partial charge in [0.15, 0.2) is 0 Å². The highest BCUT2D eigenvalue weighted by atomic mass is 16.5. The molecule has 21 heavy (non-hydrogen) atoms. The van der Waals surface area contributed by atoms with Gasteiger partial charge >= 0.3 is 0 Å². The van der Waals surface area contributed by atoms with Crippen LogP contribution in [0, 0.1) is 0 Å². The molecule has 1 aliphatic heterocycles. The molecule has 1 atom stereocenters. The van der Waals surface area contributed by atoms with E-state index in [2.05, 4.69) is 45.7 Å². The van der Waals surface area contributed by atoms with Gasteiger partial charge in [-0.25, -0.2) is 0 Å². The molecule has 118 valence electrons. The van der Waals surface area contributed by atoms with Crippen molar-refractivity contribution in [3.05, 3.63) is 35.9 Å². The van der Waals surface area contributed by atoms with Gasteiger partial charge in [-0.2, -0.15) is 0 Å². The van der Waals surface area contributed by atoms with E-state index in [1.54, 1.807) is 0 Å². The Hall–Kier alpha value is -1.39. The lowest BCUT2D eigenvalue weighted by atomic mass is 10.1. The van der Waals surface area contributed by atoms with Gasteiger partial charge in [0.05, 0.1) is 0 Å². The Kier molecular flexibility index (Phi) is 8.01. The summed E-state index contributed by atoms with van der Waals surface area (Å²) in [7, 11) is 0. The van der Waals surface area contributed by atoms with Gasteiger partial charge in [-0.1, -0.05) is 30.3 Å². The summed E-state index contributed by atoms with van der Waals surface area (Å²) in [5, 5.41) is 6.98. The summed E-state index contributed by atoms with van der Waals surface area (Å²) >= 11 is 0. The second-order valence-corrected chi connectivity index (χ2v) is 6.24. The molecule has 4 nitrogen and oxygen atoms in total. The van der Waals surface area contributed by atoms with Crippen LogP contribution in [0.3, 0.4) is 0 Å². The van der Waals surface area contributed by atoms with Crippen LogP contribution in [-0.2, 0) is 16.1 Å². The van der Waals surface area contributed by atoms with Gasteiger partial charge in [-0.05, 0) is 45.7 Å². The van der Waals surface area contributed by atoms with Crippen LogP contribution in [0.15, 0.2) is 30.3 Å². The Bertz CT molecular complexity index is 382. The number of hydrogen-bond acceptors (Lipinski definition) is 4. The maximum Gasteiger partial charge on any atom is 0.293 e. The van der Waals surface area contributed by atoms with Crippen LogP contribution in [0.2, 0.25) is 0 Å². The molecule has 4 heteroatoms. The van der Waals surface area contributed by atoms with Crippen molar-refractivity contribution in [3.63, 3.8) is 0 Å². The third-order valence-corrected chi connectivity index (χ3v) is 3.14. The van der Waals surface area contributed by atoms with Gasteiger partial charge in [-0.3, -0.25) is 4.79 Å². The van der Waals surface area contributed by atoms with Crippen LogP contribution >= 0.6 is 0 Å². The maximum atomic E-state index is 9.60.